The quantitative estimate of drug-likeness (QED) is 0.360. The maximum Gasteiger partial charge on any atom is 0.277 e. The molecule has 0 saturated heterocycles. The zero-order valence-electron chi connectivity index (χ0n) is 17.0. The van der Waals surface area contributed by atoms with Crippen LogP contribution >= 0.6 is 34.8 Å². The topological polar surface area (TPSA) is 125 Å². The number of halogens is 3. The molecule has 0 atom stereocenters. The van der Waals surface area contributed by atoms with Crippen LogP contribution in [0.4, 0.5) is 5.82 Å². The number of carbonyl (C=O) groups is 1. The highest BCUT2D eigenvalue weighted by Crippen LogP contribution is 2.37. The van der Waals surface area contributed by atoms with E-state index in [0.29, 0.717) is 46.2 Å². The van der Waals surface area contributed by atoms with Crippen molar-refractivity contribution in [1.29, 1.82) is 0 Å². The number of rotatable bonds is 10. The fourth-order valence-corrected chi connectivity index (χ4v) is 3.34. The molecule has 170 valence electrons. The number of amides is 1. The van der Waals surface area contributed by atoms with Gasteiger partial charge in [0.25, 0.3) is 5.91 Å². The van der Waals surface area contributed by atoms with E-state index in [1.807, 2.05) is 12.1 Å². The summed E-state index contributed by atoms with van der Waals surface area (Å²) in [5, 5.41) is 14.0. The molecular formula is C20H20Cl3N5O4. The molecule has 0 fully saturated rings. The summed E-state index contributed by atoms with van der Waals surface area (Å²) >= 11 is 18.4. The Bertz CT molecular complexity index is 1090. The lowest BCUT2D eigenvalue weighted by Crippen LogP contribution is -2.32. The first-order valence-corrected chi connectivity index (χ1v) is 10.5. The van der Waals surface area contributed by atoms with Crippen LogP contribution in [-0.2, 0) is 13.2 Å². The van der Waals surface area contributed by atoms with E-state index in [4.69, 9.17) is 50.0 Å². The molecular weight excluding hydrogens is 481 g/mol. The summed E-state index contributed by atoms with van der Waals surface area (Å²) in [5.74, 6) is 0.407. The van der Waals surface area contributed by atoms with Gasteiger partial charge in [0.15, 0.2) is 11.5 Å². The number of ether oxygens (including phenoxy) is 2. The fraction of sp³-hybridized carbons (Fsp3) is 0.250. The lowest BCUT2D eigenvalue weighted by Gasteiger charge is -2.15. The highest BCUT2D eigenvalue weighted by atomic mass is 35.5. The van der Waals surface area contributed by atoms with Gasteiger partial charge in [0, 0.05) is 19.6 Å². The Kier molecular flexibility index (Phi) is 8.40. The second-order valence-corrected chi connectivity index (χ2v) is 7.80. The minimum absolute atomic E-state index is 0.0435. The normalized spacial score (nSPS) is 10.8. The van der Waals surface area contributed by atoms with E-state index in [1.165, 1.54) is 7.11 Å². The summed E-state index contributed by atoms with van der Waals surface area (Å²) < 4.78 is 15.7. The van der Waals surface area contributed by atoms with Crippen molar-refractivity contribution in [1.82, 2.24) is 20.9 Å². The maximum atomic E-state index is 11.9. The summed E-state index contributed by atoms with van der Waals surface area (Å²) in [6, 6.07) is 8.86. The van der Waals surface area contributed by atoms with Crippen LogP contribution in [0.3, 0.4) is 0 Å². The number of anilines is 1. The van der Waals surface area contributed by atoms with E-state index in [1.54, 1.807) is 18.2 Å². The largest absolute Gasteiger partial charge is 0.493 e. The Hall–Kier alpha value is -2.72. The van der Waals surface area contributed by atoms with Crippen molar-refractivity contribution in [2.45, 2.75) is 13.2 Å². The van der Waals surface area contributed by atoms with Gasteiger partial charge in [0.2, 0.25) is 11.5 Å². The molecule has 0 aliphatic heterocycles. The number of methoxy groups -OCH3 is 1. The molecule has 0 spiro atoms. The summed E-state index contributed by atoms with van der Waals surface area (Å²) in [6.07, 6.45) is 0. The summed E-state index contributed by atoms with van der Waals surface area (Å²) in [5.41, 5.74) is 7.16. The van der Waals surface area contributed by atoms with Crippen LogP contribution in [0, 0.1) is 0 Å². The highest BCUT2D eigenvalue weighted by molar-refractivity contribution is 6.42. The van der Waals surface area contributed by atoms with E-state index in [0.717, 1.165) is 11.1 Å². The van der Waals surface area contributed by atoms with Crippen molar-refractivity contribution in [3.63, 3.8) is 0 Å². The Morgan fingerprint density at radius 1 is 1.06 bits per heavy atom. The molecule has 0 aliphatic carbocycles. The van der Waals surface area contributed by atoms with E-state index >= 15 is 0 Å². The van der Waals surface area contributed by atoms with Crippen molar-refractivity contribution in [3.05, 3.63) is 62.2 Å². The first-order valence-electron chi connectivity index (χ1n) is 9.39. The molecule has 9 nitrogen and oxygen atoms in total. The molecule has 1 heterocycles. The SMILES string of the molecule is COc1cc(CNCCNC(=O)c2nonc2N)cc(Cl)c1OCc1ccc(Cl)c(Cl)c1. The second kappa shape index (κ2) is 11.2. The first kappa shape index (κ1) is 23.9. The van der Waals surface area contributed by atoms with Gasteiger partial charge in [-0.15, -0.1) is 0 Å². The van der Waals surface area contributed by atoms with Gasteiger partial charge in [-0.1, -0.05) is 40.9 Å². The number of hydrogen-bond donors (Lipinski definition) is 3. The highest BCUT2D eigenvalue weighted by Gasteiger charge is 2.15. The Morgan fingerprint density at radius 2 is 1.84 bits per heavy atom. The third-order valence-corrected chi connectivity index (χ3v) is 5.32. The van der Waals surface area contributed by atoms with Crippen LogP contribution in [0.5, 0.6) is 11.5 Å². The summed E-state index contributed by atoms with van der Waals surface area (Å²) in [4.78, 5) is 11.9. The zero-order chi connectivity index (χ0) is 23.1. The molecule has 1 aromatic heterocycles. The minimum Gasteiger partial charge on any atom is -0.493 e. The Morgan fingerprint density at radius 3 is 2.53 bits per heavy atom. The molecule has 12 heteroatoms. The predicted octanol–water partition coefficient (Wildman–Crippen LogP) is 3.72. The van der Waals surface area contributed by atoms with Crippen LogP contribution in [-0.4, -0.2) is 36.4 Å². The minimum atomic E-state index is -0.459. The van der Waals surface area contributed by atoms with Gasteiger partial charge in [-0.25, -0.2) is 4.63 Å². The van der Waals surface area contributed by atoms with Gasteiger partial charge in [-0.3, -0.25) is 4.79 Å². The van der Waals surface area contributed by atoms with Crippen LogP contribution in [0.1, 0.15) is 21.6 Å². The zero-order valence-corrected chi connectivity index (χ0v) is 19.2. The molecule has 2 aromatic carbocycles. The van der Waals surface area contributed by atoms with E-state index in [2.05, 4.69) is 25.6 Å². The number of carbonyl (C=O) groups excluding carboxylic acids is 1. The van der Waals surface area contributed by atoms with E-state index in [-0.39, 0.29) is 18.1 Å². The van der Waals surface area contributed by atoms with Gasteiger partial charge in [0.1, 0.15) is 6.61 Å². The molecule has 4 N–H and O–H groups in total. The van der Waals surface area contributed by atoms with Gasteiger partial charge in [0.05, 0.1) is 22.2 Å². The third-order valence-electron chi connectivity index (χ3n) is 4.30. The van der Waals surface area contributed by atoms with E-state index in [9.17, 15) is 4.79 Å². The molecule has 0 radical (unpaired) electrons. The maximum absolute atomic E-state index is 11.9. The number of nitrogens with zero attached hydrogens (tertiary/aromatic N) is 2. The molecule has 3 rings (SSSR count). The number of nitrogen functional groups attached to an aromatic ring is 1. The van der Waals surface area contributed by atoms with Crippen molar-refractivity contribution < 1.29 is 18.9 Å². The molecule has 3 aromatic rings. The molecule has 32 heavy (non-hydrogen) atoms. The molecule has 0 unspecified atom stereocenters. The van der Waals surface area contributed by atoms with Crippen LogP contribution in [0.15, 0.2) is 35.0 Å². The van der Waals surface area contributed by atoms with Crippen molar-refractivity contribution >= 4 is 46.5 Å². The average Bonchev–Trinajstić information content (AvgIpc) is 3.20. The number of nitrogens with one attached hydrogen (secondary N) is 2. The number of nitrogens with two attached hydrogens (primary N) is 1. The fourth-order valence-electron chi connectivity index (χ4n) is 2.73. The monoisotopic (exact) mass is 499 g/mol. The molecule has 0 bridgehead atoms. The Labute approximate surface area is 199 Å². The summed E-state index contributed by atoms with van der Waals surface area (Å²) in [6.45, 7) is 1.58. The molecule has 0 aliphatic rings. The van der Waals surface area contributed by atoms with Gasteiger partial charge in [-0.05, 0) is 45.7 Å². The molecule has 1 amide bonds. The van der Waals surface area contributed by atoms with Crippen molar-refractivity contribution in [2.24, 2.45) is 0 Å². The van der Waals surface area contributed by atoms with Crippen molar-refractivity contribution in [3.8, 4) is 11.5 Å². The summed E-state index contributed by atoms with van der Waals surface area (Å²) in [7, 11) is 1.54. The second-order valence-electron chi connectivity index (χ2n) is 6.58. The number of aromatic nitrogens is 2. The molecule has 0 saturated carbocycles. The average molecular weight is 501 g/mol. The van der Waals surface area contributed by atoms with E-state index < -0.39 is 5.91 Å². The first-order chi connectivity index (χ1) is 15.4. The standard InChI is InChI=1S/C20H20Cl3N5O4/c1-30-16-8-12(9-25-4-5-26-20(29)17-19(24)28-32-27-17)7-15(23)18(16)31-10-11-2-3-13(21)14(22)6-11/h2-3,6-8,25H,4-5,9-10H2,1H3,(H2,24,28)(H,26,29). The van der Waals surface area contributed by atoms with Crippen LogP contribution in [0.25, 0.3) is 0 Å². The lowest BCUT2D eigenvalue weighted by molar-refractivity contribution is 0.0944. The van der Waals surface area contributed by atoms with Crippen molar-refractivity contribution in [2.75, 3.05) is 25.9 Å². The van der Waals surface area contributed by atoms with Crippen LogP contribution < -0.4 is 25.8 Å². The lowest BCUT2D eigenvalue weighted by atomic mass is 10.2. The smallest absolute Gasteiger partial charge is 0.277 e. The van der Waals surface area contributed by atoms with Gasteiger partial charge in [-0.2, -0.15) is 0 Å². The third kappa shape index (κ3) is 6.17. The Balaban J connectivity index is 1.52. The predicted molar refractivity (Wildman–Crippen MR) is 122 cm³/mol. The number of hydrogen-bond acceptors (Lipinski definition) is 8. The van der Waals surface area contributed by atoms with Crippen LogP contribution in [0.2, 0.25) is 15.1 Å². The van der Waals surface area contributed by atoms with Gasteiger partial charge < -0.3 is 25.8 Å². The number of benzene rings is 2. The van der Waals surface area contributed by atoms with Gasteiger partial charge >= 0.3 is 0 Å².